The lowest BCUT2D eigenvalue weighted by Crippen LogP contribution is -2.23. The first-order chi connectivity index (χ1) is 7.84. The lowest BCUT2D eigenvalue weighted by Gasteiger charge is -2.22. The van der Waals surface area contributed by atoms with Crippen LogP contribution in [0.15, 0.2) is 4.79 Å². The summed E-state index contributed by atoms with van der Waals surface area (Å²) >= 11 is 0. The number of aromatic nitrogens is 2. The average molecular weight is 221 g/mol. The molecule has 3 heterocycles. The maximum atomic E-state index is 11.5. The van der Waals surface area contributed by atoms with Gasteiger partial charge in [0.05, 0.1) is 12.3 Å². The SMILES string of the molecule is O=c1nc(C2CCCOC2)c2c([nH]1)CNC2. The molecule has 86 valence electrons. The molecule has 0 amide bonds. The third-order valence-corrected chi connectivity index (χ3v) is 3.30. The topological polar surface area (TPSA) is 67.0 Å². The second kappa shape index (κ2) is 3.99. The summed E-state index contributed by atoms with van der Waals surface area (Å²) in [5.74, 6) is 0.296. The van der Waals surface area contributed by atoms with E-state index in [2.05, 4.69) is 15.3 Å². The molecular weight excluding hydrogens is 206 g/mol. The van der Waals surface area contributed by atoms with Crippen molar-refractivity contribution in [3.8, 4) is 0 Å². The van der Waals surface area contributed by atoms with Gasteiger partial charge in [-0.1, -0.05) is 0 Å². The van der Waals surface area contributed by atoms with E-state index in [9.17, 15) is 4.79 Å². The van der Waals surface area contributed by atoms with Crippen molar-refractivity contribution in [1.29, 1.82) is 0 Å². The fraction of sp³-hybridized carbons (Fsp3) is 0.636. The third kappa shape index (κ3) is 1.66. The lowest BCUT2D eigenvalue weighted by atomic mass is 9.94. The molecular formula is C11H15N3O2. The van der Waals surface area contributed by atoms with Crippen molar-refractivity contribution in [2.45, 2.75) is 31.8 Å². The molecule has 0 spiro atoms. The van der Waals surface area contributed by atoms with Gasteiger partial charge in [0, 0.05) is 36.9 Å². The van der Waals surface area contributed by atoms with Crippen LogP contribution in [0.1, 0.15) is 35.7 Å². The van der Waals surface area contributed by atoms with E-state index in [4.69, 9.17) is 4.74 Å². The number of fused-ring (bicyclic) bond motifs is 1. The number of hydrogen-bond donors (Lipinski definition) is 2. The highest BCUT2D eigenvalue weighted by Gasteiger charge is 2.25. The predicted molar refractivity (Wildman–Crippen MR) is 58.2 cm³/mol. The van der Waals surface area contributed by atoms with E-state index in [1.54, 1.807) is 0 Å². The van der Waals surface area contributed by atoms with E-state index < -0.39 is 0 Å². The largest absolute Gasteiger partial charge is 0.381 e. The first kappa shape index (κ1) is 9.99. The van der Waals surface area contributed by atoms with Gasteiger partial charge in [0.15, 0.2) is 0 Å². The summed E-state index contributed by atoms with van der Waals surface area (Å²) in [7, 11) is 0. The Kier molecular flexibility index (Phi) is 2.49. The number of ether oxygens (including phenoxy) is 1. The van der Waals surface area contributed by atoms with Crippen LogP contribution in [0.2, 0.25) is 0 Å². The highest BCUT2D eigenvalue weighted by atomic mass is 16.5. The van der Waals surface area contributed by atoms with E-state index in [1.807, 2.05) is 0 Å². The van der Waals surface area contributed by atoms with E-state index >= 15 is 0 Å². The maximum Gasteiger partial charge on any atom is 0.345 e. The van der Waals surface area contributed by atoms with Crippen molar-refractivity contribution in [2.24, 2.45) is 0 Å². The van der Waals surface area contributed by atoms with Crippen molar-refractivity contribution in [3.05, 3.63) is 27.4 Å². The molecule has 5 heteroatoms. The molecule has 1 fully saturated rings. The van der Waals surface area contributed by atoms with Crippen molar-refractivity contribution >= 4 is 0 Å². The summed E-state index contributed by atoms with van der Waals surface area (Å²) in [5, 5.41) is 3.24. The van der Waals surface area contributed by atoms with Gasteiger partial charge < -0.3 is 15.0 Å². The second-order valence-electron chi connectivity index (χ2n) is 4.40. The highest BCUT2D eigenvalue weighted by molar-refractivity contribution is 5.30. The summed E-state index contributed by atoms with van der Waals surface area (Å²) in [5.41, 5.74) is 2.89. The Bertz CT molecular complexity index is 449. The Labute approximate surface area is 93.2 Å². The molecule has 0 saturated carbocycles. The van der Waals surface area contributed by atoms with E-state index in [-0.39, 0.29) is 5.69 Å². The maximum absolute atomic E-state index is 11.5. The van der Waals surface area contributed by atoms with Gasteiger partial charge in [-0.25, -0.2) is 4.79 Å². The fourth-order valence-electron chi connectivity index (χ4n) is 2.52. The molecule has 1 aromatic heterocycles. The smallest absolute Gasteiger partial charge is 0.345 e. The van der Waals surface area contributed by atoms with Gasteiger partial charge >= 0.3 is 5.69 Å². The van der Waals surface area contributed by atoms with E-state index in [1.165, 1.54) is 5.56 Å². The van der Waals surface area contributed by atoms with Gasteiger partial charge in [0.25, 0.3) is 0 Å². The van der Waals surface area contributed by atoms with Crippen LogP contribution in [0.25, 0.3) is 0 Å². The molecule has 1 aromatic rings. The number of nitrogens with one attached hydrogen (secondary N) is 2. The minimum absolute atomic E-state index is 0.233. The Hall–Kier alpha value is -1.20. The van der Waals surface area contributed by atoms with Crippen molar-refractivity contribution in [2.75, 3.05) is 13.2 Å². The second-order valence-corrected chi connectivity index (χ2v) is 4.40. The van der Waals surface area contributed by atoms with Crippen LogP contribution in [-0.4, -0.2) is 23.2 Å². The molecule has 0 aromatic carbocycles. The van der Waals surface area contributed by atoms with Crippen LogP contribution in [0, 0.1) is 0 Å². The predicted octanol–water partition coefficient (Wildman–Crippen LogP) is 0.267. The zero-order valence-electron chi connectivity index (χ0n) is 9.08. The van der Waals surface area contributed by atoms with Crippen LogP contribution in [0.3, 0.4) is 0 Å². The zero-order chi connectivity index (χ0) is 11.0. The van der Waals surface area contributed by atoms with Crippen LogP contribution in [-0.2, 0) is 17.8 Å². The summed E-state index contributed by atoms with van der Waals surface area (Å²) in [4.78, 5) is 18.4. The van der Waals surface area contributed by atoms with Gasteiger partial charge in [0.1, 0.15) is 0 Å². The Morgan fingerprint density at radius 2 is 2.31 bits per heavy atom. The summed E-state index contributed by atoms with van der Waals surface area (Å²) < 4.78 is 5.46. The van der Waals surface area contributed by atoms with Crippen molar-refractivity contribution < 1.29 is 4.74 Å². The monoisotopic (exact) mass is 221 g/mol. The molecule has 0 radical (unpaired) electrons. The summed E-state index contributed by atoms with van der Waals surface area (Å²) in [6.07, 6.45) is 2.13. The van der Waals surface area contributed by atoms with Gasteiger partial charge in [0.2, 0.25) is 0 Å². The van der Waals surface area contributed by atoms with Crippen molar-refractivity contribution in [1.82, 2.24) is 15.3 Å². The van der Waals surface area contributed by atoms with E-state index in [0.29, 0.717) is 12.5 Å². The van der Waals surface area contributed by atoms with Crippen LogP contribution < -0.4 is 11.0 Å². The number of H-pyrrole nitrogens is 1. The first-order valence-electron chi connectivity index (χ1n) is 5.75. The molecule has 2 aliphatic heterocycles. The van der Waals surface area contributed by atoms with Crippen molar-refractivity contribution in [3.63, 3.8) is 0 Å². The van der Waals surface area contributed by atoms with Crippen LogP contribution in [0.5, 0.6) is 0 Å². The lowest BCUT2D eigenvalue weighted by molar-refractivity contribution is 0.0789. The Morgan fingerprint density at radius 3 is 3.12 bits per heavy atom. The highest BCUT2D eigenvalue weighted by Crippen LogP contribution is 2.28. The molecule has 5 nitrogen and oxygen atoms in total. The first-order valence-corrected chi connectivity index (χ1v) is 5.75. The number of aromatic amines is 1. The van der Waals surface area contributed by atoms with Gasteiger partial charge in [-0.3, -0.25) is 0 Å². The molecule has 0 aliphatic carbocycles. The molecule has 2 aliphatic rings. The van der Waals surface area contributed by atoms with Gasteiger partial charge in [-0.15, -0.1) is 0 Å². The summed E-state index contributed by atoms with van der Waals surface area (Å²) in [6, 6.07) is 0. The fourth-order valence-corrected chi connectivity index (χ4v) is 2.52. The Balaban J connectivity index is 2.02. The Morgan fingerprint density at radius 1 is 1.38 bits per heavy atom. The molecule has 1 unspecified atom stereocenters. The molecule has 2 N–H and O–H groups in total. The molecule has 1 atom stereocenters. The van der Waals surface area contributed by atoms with Crippen LogP contribution in [0.4, 0.5) is 0 Å². The third-order valence-electron chi connectivity index (χ3n) is 3.30. The van der Waals surface area contributed by atoms with Gasteiger partial charge in [-0.05, 0) is 12.8 Å². The number of hydrogen-bond acceptors (Lipinski definition) is 4. The molecule has 3 rings (SSSR count). The number of nitrogens with zero attached hydrogens (tertiary/aromatic N) is 1. The van der Waals surface area contributed by atoms with Crippen LogP contribution >= 0.6 is 0 Å². The minimum Gasteiger partial charge on any atom is -0.381 e. The zero-order valence-corrected chi connectivity index (χ0v) is 9.08. The van der Waals surface area contributed by atoms with Gasteiger partial charge in [-0.2, -0.15) is 4.98 Å². The molecule has 0 bridgehead atoms. The molecule has 1 saturated heterocycles. The quantitative estimate of drug-likeness (QED) is 0.714. The normalized spacial score (nSPS) is 24.4. The minimum atomic E-state index is -0.233. The molecule has 16 heavy (non-hydrogen) atoms. The number of rotatable bonds is 1. The van der Waals surface area contributed by atoms with E-state index in [0.717, 1.165) is 43.9 Å². The average Bonchev–Trinajstić information content (AvgIpc) is 2.77. The standard InChI is InChI=1S/C11H15N3O2/c15-11-13-9-5-12-4-8(9)10(14-11)7-2-1-3-16-6-7/h7,12H,1-6H2,(H,13,14,15). The summed E-state index contributed by atoms with van der Waals surface area (Å²) in [6.45, 7) is 3.08.